The molecule has 1 N–H and O–H groups in total. The minimum absolute atomic E-state index is 0.369. The molecule has 0 unspecified atom stereocenters. The van der Waals surface area contributed by atoms with Gasteiger partial charge in [0.25, 0.3) is 0 Å². The van der Waals surface area contributed by atoms with Crippen molar-refractivity contribution >= 4 is 11.9 Å². The van der Waals surface area contributed by atoms with Crippen molar-refractivity contribution in [1.82, 2.24) is 4.90 Å². The van der Waals surface area contributed by atoms with Crippen molar-refractivity contribution in [3.8, 4) is 0 Å². The van der Waals surface area contributed by atoms with Gasteiger partial charge in [-0.15, -0.1) is 0 Å². The van der Waals surface area contributed by atoms with Gasteiger partial charge in [0.05, 0.1) is 6.42 Å². The number of carbonyl (C=O) groups is 2. The van der Waals surface area contributed by atoms with Crippen molar-refractivity contribution in [2.45, 2.75) is 25.6 Å². The van der Waals surface area contributed by atoms with Gasteiger partial charge in [0.15, 0.2) is 0 Å². The molecule has 0 heterocycles. The highest BCUT2D eigenvalue weighted by atomic mass is 19.4. The maximum Gasteiger partial charge on any atom is 0.471 e. The number of carboxylic acids is 1. The van der Waals surface area contributed by atoms with E-state index in [-0.39, 0.29) is 0 Å². The third-order valence-corrected chi connectivity index (χ3v) is 1.69. The largest absolute Gasteiger partial charge is 0.481 e. The summed E-state index contributed by atoms with van der Waals surface area (Å²) in [6.45, 7) is 1.23. The first-order chi connectivity index (χ1) is 6.16. The second kappa shape index (κ2) is 4.30. The lowest BCUT2D eigenvalue weighted by atomic mass is 10.2. The van der Waals surface area contributed by atoms with Crippen LogP contribution in [0.15, 0.2) is 0 Å². The monoisotopic (exact) mass is 213 g/mol. The van der Waals surface area contributed by atoms with Crippen LogP contribution in [0.5, 0.6) is 0 Å². The number of carbonyl (C=O) groups excluding carboxylic acids is 1. The molecule has 0 radical (unpaired) electrons. The molecule has 0 aliphatic carbocycles. The Morgan fingerprint density at radius 3 is 2.14 bits per heavy atom. The minimum Gasteiger partial charge on any atom is -0.481 e. The lowest BCUT2D eigenvalue weighted by Crippen LogP contribution is -2.44. The molecule has 4 nitrogen and oxygen atoms in total. The van der Waals surface area contributed by atoms with E-state index >= 15 is 0 Å². The van der Waals surface area contributed by atoms with Crippen LogP contribution in [0.1, 0.15) is 13.3 Å². The van der Waals surface area contributed by atoms with E-state index in [9.17, 15) is 22.8 Å². The van der Waals surface area contributed by atoms with Gasteiger partial charge in [-0.1, -0.05) is 0 Å². The van der Waals surface area contributed by atoms with Gasteiger partial charge in [0.2, 0.25) is 0 Å². The van der Waals surface area contributed by atoms with Gasteiger partial charge in [0.1, 0.15) is 0 Å². The molecule has 0 saturated heterocycles. The molecule has 0 fully saturated rings. The molecule has 1 atom stereocenters. The molecule has 1 amide bonds. The fourth-order valence-electron chi connectivity index (χ4n) is 0.790. The highest BCUT2D eigenvalue weighted by Gasteiger charge is 2.42. The summed E-state index contributed by atoms with van der Waals surface area (Å²) >= 11 is 0. The van der Waals surface area contributed by atoms with Crippen molar-refractivity contribution in [3.05, 3.63) is 0 Å². The van der Waals surface area contributed by atoms with E-state index < -0.39 is 30.5 Å². The molecule has 0 spiro atoms. The molecule has 0 aliphatic heterocycles. The Balaban J connectivity index is 4.39. The first-order valence-corrected chi connectivity index (χ1v) is 3.72. The summed E-state index contributed by atoms with van der Waals surface area (Å²) in [5, 5.41) is 8.30. The van der Waals surface area contributed by atoms with Gasteiger partial charge in [-0.05, 0) is 6.92 Å². The smallest absolute Gasteiger partial charge is 0.471 e. The zero-order valence-electron chi connectivity index (χ0n) is 7.63. The number of alkyl halides is 3. The van der Waals surface area contributed by atoms with Crippen LogP contribution in [0.25, 0.3) is 0 Å². The second-order valence-corrected chi connectivity index (χ2v) is 2.86. The Kier molecular flexibility index (Phi) is 3.91. The molecular weight excluding hydrogens is 203 g/mol. The van der Waals surface area contributed by atoms with Crippen LogP contribution in [0.2, 0.25) is 0 Å². The number of hydrogen-bond acceptors (Lipinski definition) is 2. The summed E-state index contributed by atoms with van der Waals surface area (Å²) in [7, 11) is 0.920. The number of nitrogens with zero attached hydrogens (tertiary/aromatic N) is 1. The van der Waals surface area contributed by atoms with Gasteiger partial charge in [0, 0.05) is 13.1 Å². The van der Waals surface area contributed by atoms with Crippen LogP contribution < -0.4 is 0 Å². The van der Waals surface area contributed by atoms with Crippen LogP contribution in [0.3, 0.4) is 0 Å². The van der Waals surface area contributed by atoms with E-state index in [2.05, 4.69) is 0 Å². The Bertz CT molecular complexity index is 239. The highest BCUT2D eigenvalue weighted by molar-refractivity contribution is 5.82. The van der Waals surface area contributed by atoms with Gasteiger partial charge in [-0.3, -0.25) is 9.59 Å². The van der Waals surface area contributed by atoms with Crippen molar-refractivity contribution in [1.29, 1.82) is 0 Å². The van der Waals surface area contributed by atoms with Crippen molar-refractivity contribution < 1.29 is 27.9 Å². The molecule has 7 heteroatoms. The van der Waals surface area contributed by atoms with Gasteiger partial charge >= 0.3 is 18.1 Å². The normalized spacial score (nSPS) is 13.5. The molecule has 0 aliphatic rings. The van der Waals surface area contributed by atoms with Crippen molar-refractivity contribution in [2.75, 3.05) is 7.05 Å². The average molecular weight is 213 g/mol. The number of rotatable bonds is 3. The zero-order valence-corrected chi connectivity index (χ0v) is 7.63. The lowest BCUT2D eigenvalue weighted by molar-refractivity contribution is -0.186. The van der Waals surface area contributed by atoms with Crippen LogP contribution in [0.4, 0.5) is 13.2 Å². The fourth-order valence-corrected chi connectivity index (χ4v) is 0.790. The fraction of sp³-hybridized carbons (Fsp3) is 0.714. The van der Waals surface area contributed by atoms with Crippen molar-refractivity contribution in [3.63, 3.8) is 0 Å². The van der Waals surface area contributed by atoms with Crippen LogP contribution in [-0.2, 0) is 9.59 Å². The Morgan fingerprint density at radius 1 is 1.43 bits per heavy atom. The highest BCUT2D eigenvalue weighted by Crippen LogP contribution is 2.19. The first kappa shape index (κ1) is 12.7. The van der Waals surface area contributed by atoms with Crippen molar-refractivity contribution in [2.24, 2.45) is 0 Å². The summed E-state index contributed by atoms with van der Waals surface area (Å²) in [5.74, 6) is -3.29. The van der Waals surface area contributed by atoms with E-state index in [4.69, 9.17) is 5.11 Å². The van der Waals surface area contributed by atoms with Crippen LogP contribution in [0, 0.1) is 0 Å². The topological polar surface area (TPSA) is 57.6 Å². The SMILES string of the molecule is C[C@@H](CC(=O)O)N(C)C(=O)C(F)(F)F. The van der Waals surface area contributed by atoms with Gasteiger partial charge in [-0.25, -0.2) is 0 Å². The maximum atomic E-state index is 11.9. The third-order valence-electron chi connectivity index (χ3n) is 1.69. The first-order valence-electron chi connectivity index (χ1n) is 3.72. The Labute approximate surface area is 78.3 Å². The number of halogens is 3. The zero-order chi connectivity index (χ0) is 11.5. The summed E-state index contributed by atoms with van der Waals surface area (Å²) in [6, 6.07) is -0.985. The van der Waals surface area contributed by atoms with E-state index in [1.54, 1.807) is 0 Å². The molecule has 0 saturated carbocycles. The maximum absolute atomic E-state index is 11.9. The molecule has 0 aromatic carbocycles. The van der Waals surface area contributed by atoms with Gasteiger partial charge < -0.3 is 10.0 Å². The molecule has 14 heavy (non-hydrogen) atoms. The van der Waals surface area contributed by atoms with Gasteiger partial charge in [-0.2, -0.15) is 13.2 Å². The molecule has 0 rings (SSSR count). The summed E-state index contributed by atoms with van der Waals surface area (Å²) < 4.78 is 35.6. The van der Waals surface area contributed by atoms with E-state index in [0.29, 0.717) is 4.90 Å². The van der Waals surface area contributed by atoms with Crippen LogP contribution in [-0.4, -0.2) is 41.1 Å². The summed E-state index contributed by atoms with van der Waals surface area (Å²) in [6.07, 6.45) is -5.47. The molecule has 82 valence electrons. The predicted octanol–water partition coefficient (Wildman–Crippen LogP) is 0.870. The molecule has 0 aromatic heterocycles. The third kappa shape index (κ3) is 3.63. The lowest BCUT2D eigenvalue weighted by Gasteiger charge is -2.24. The molecule has 0 bridgehead atoms. The number of carboxylic acid groups (broad SMARTS) is 1. The Hall–Kier alpha value is -1.27. The number of aliphatic carboxylic acids is 1. The second-order valence-electron chi connectivity index (χ2n) is 2.86. The Morgan fingerprint density at radius 2 is 1.86 bits per heavy atom. The summed E-state index contributed by atoms with van der Waals surface area (Å²) in [5.41, 5.74) is 0. The number of amides is 1. The quantitative estimate of drug-likeness (QED) is 0.756. The van der Waals surface area contributed by atoms with E-state index in [1.807, 2.05) is 0 Å². The average Bonchev–Trinajstić information content (AvgIpc) is 1.98. The molecular formula is C7H10F3NO3. The van der Waals surface area contributed by atoms with E-state index in [0.717, 1.165) is 7.05 Å². The molecule has 0 aromatic rings. The minimum atomic E-state index is -4.96. The van der Waals surface area contributed by atoms with E-state index in [1.165, 1.54) is 6.92 Å². The van der Waals surface area contributed by atoms with Crippen LogP contribution >= 0.6 is 0 Å². The summed E-state index contributed by atoms with van der Waals surface area (Å²) in [4.78, 5) is 21.1. The number of hydrogen-bond donors (Lipinski definition) is 1. The standard InChI is InChI=1S/C7H10F3NO3/c1-4(3-5(12)13)11(2)6(14)7(8,9)10/h4H,3H2,1-2H3,(H,12,13)/t4-/m0/s1. The predicted molar refractivity (Wildman–Crippen MR) is 40.5 cm³/mol.